The minimum Gasteiger partial charge on any atom is -0.494 e. The summed E-state index contributed by atoms with van der Waals surface area (Å²) >= 11 is 0. The number of rotatable bonds is 15. The lowest BCUT2D eigenvalue weighted by molar-refractivity contribution is -0.142. The van der Waals surface area contributed by atoms with Crippen LogP contribution in [0.4, 0.5) is 0 Å². The molecular weight excluding hydrogens is 486 g/mol. The first-order valence-electron chi connectivity index (χ1n) is 12.8. The van der Waals surface area contributed by atoms with E-state index in [4.69, 9.17) is 4.74 Å². The quantitative estimate of drug-likeness (QED) is 0.262. The van der Waals surface area contributed by atoms with Gasteiger partial charge in [0.25, 0.3) is 0 Å². The van der Waals surface area contributed by atoms with E-state index >= 15 is 0 Å². The molecule has 10 nitrogen and oxygen atoms in total. The van der Waals surface area contributed by atoms with Crippen LogP contribution >= 0.6 is 0 Å². The molecular formula is C28H35N5O5. The van der Waals surface area contributed by atoms with E-state index in [0.29, 0.717) is 18.9 Å². The van der Waals surface area contributed by atoms with Crippen LogP contribution in [0.15, 0.2) is 60.8 Å². The highest BCUT2D eigenvalue weighted by molar-refractivity contribution is 5.90. The van der Waals surface area contributed by atoms with Crippen molar-refractivity contribution in [3.63, 3.8) is 0 Å². The molecule has 2 aromatic carbocycles. The molecule has 0 fully saturated rings. The molecule has 2 amide bonds. The van der Waals surface area contributed by atoms with Crippen LogP contribution in [0.5, 0.6) is 5.75 Å². The number of hydrogen-bond donors (Lipinski definition) is 3. The molecule has 3 rings (SSSR count). The lowest BCUT2D eigenvalue weighted by Crippen LogP contribution is -2.52. The van der Waals surface area contributed by atoms with Crippen LogP contribution < -0.4 is 15.4 Å². The van der Waals surface area contributed by atoms with Crippen molar-refractivity contribution in [2.24, 2.45) is 0 Å². The van der Waals surface area contributed by atoms with Crippen LogP contribution in [0.3, 0.4) is 0 Å². The number of amides is 2. The zero-order valence-corrected chi connectivity index (χ0v) is 21.8. The van der Waals surface area contributed by atoms with Gasteiger partial charge in [-0.2, -0.15) is 0 Å². The van der Waals surface area contributed by atoms with Gasteiger partial charge in [0, 0.05) is 38.9 Å². The molecule has 38 heavy (non-hydrogen) atoms. The van der Waals surface area contributed by atoms with Crippen molar-refractivity contribution in [1.29, 1.82) is 0 Å². The van der Waals surface area contributed by atoms with Crippen LogP contribution in [-0.2, 0) is 40.2 Å². The van der Waals surface area contributed by atoms with E-state index in [1.54, 1.807) is 24.3 Å². The van der Waals surface area contributed by atoms with Crippen LogP contribution in [0, 0.1) is 0 Å². The maximum absolute atomic E-state index is 12.9. The summed E-state index contributed by atoms with van der Waals surface area (Å²) in [6.45, 7) is 4.63. The number of aryl methyl sites for hydroxylation is 2. The number of aromatic nitrogens is 3. The number of nitrogens with zero attached hydrogens (tertiary/aromatic N) is 3. The smallest absolute Gasteiger partial charge is 0.326 e. The Kier molecular flexibility index (Phi) is 10.8. The molecule has 0 aliphatic rings. The summed E-state index contributed by atoms with van der Waals surface area (Å²) in [5.41, 5.74) is 2.57. The van der Waals surface area contributed by atoms with E-state index in [1.807, 2.05) is 41.2 Å². The third-order valence-corrected chi connectivity index (χ3v) is 5.85. The molecule has 0 radical (unpaired) electrons. The van der Waals surface area contributed by atoms with Crippen LogP contribution in [0.2, 0.25) is 0 Å². The normalized spacial score (nSPS) is 12.4. The first kappa shape index (κ1) is 28.4. The molecule has 10 heteroatoms. The number of carbonyl (C=O) groups excluding carboxylic acids is 2. The van der Waals surface area contributed by atoms with Crippen LogP contribution in [-0.4, -0.2) is 56.6 Å². The summed E-state index contributed by atoms with van der Waals surface area (Å²) in [4.78, 5) is 36.5. The van der Waals surface area contributed by atoms with Crippen LogP contribution in [0.25, 0.3) is 0 Å². The van der Waals surface area contributed by atoms with Gasteiger partial charge in [0.1, 0.15) is 17.8 Å². The van der Waals surface area contributed by atoms with Gasteiger partial charge in [0.05, 0.1) is 12.3 Å². The molecule has 2 unspecified atom stereocenters. The molecule has 202 valence electrons. The molecule has 2 atom stereocenters. The van der Waals surface area contributed by atoms with Crippen molar-refractivity contribution in [2.75, 3.05) is 6.61 Å². The summed E-state index contributed by atoms with van der Waals surface area (Å²) in [6, 6.07) is 14.3. The van der Waals surface area contributed by atoms with Gasteiger partial charge in [-0.3, -0.25) is 14.3 Å². The van der Waals surface area contributed by atoms with Gasteiger partial charge in [-0.05, 0) is 29.7 Å². The molecule has 1 aromatic heterocycles. The maximum Gasteiger partial charge on any atom is 0.326 e. The van der Waals surface area contributed by atoms with Crippen molar-refractivity contribution in [3.05, 3.63) is 77.6 Å². The predicted octanol–water partition coefficient (Wildman–Crippen LogP) is 2.56. The second kappa shape index (κ2) is 14.5. The molecule has 0 saturated carbocycles. The number of carbonyl (C=O) groups is 3. The standard InChI is InChI=1S/C28H35N5O5/c1-3-8-23-19-33(32-31-23)15-7-16-38-24-13-11-22(12-14-24)18-26(28(36)37)30-27(35)25(29-20(2)34)17-21-9-5-4-6-10-21/h4-6,9-14,19,25-26H,3,7-8,15-18H2,1-2H3,(H,29,34)(H,30,35)(H,36,37). The van der Waals surface area contributed by atoms with Gasteiger partial charge in [0.2, 0.25) is 11.8 Å². The number of carboxylic acid groups (broad SMARTS) is 1. The highest BCUT2D eigenvalue weighted by Gasteiger charge is 2.26. The highest BCUT2D eigenvalue weighted by atomic mass is 16.5. The average molecular weight is 522 g/mol. The third kappa shape index (κ3) is 9.34. The Hall–Kier alpha value is -4.21. The summed E-state index contributed by atoms with van der Waals surface area (Å²) in [5.74, 6) is -1.41. The van der Waals surface area contributed by atoms with Gasteiger partial charge in [0.15, 0.2) is 0 Å². The fraction of sp³-hybridized carbons (Fsp3) is 0.393. The van der Waals surface area contributed by atoms with E-state index in [9.17, 15) is 19.5 Å². The van der Waals surface area contributed by atoms with E-state index in [0.717, 1.165) is 36.1 Å². The highest BCUT2D eigenvalue weighted by Crippen LogP contribution is 2.14. The second-order valence-corrected chi connectivity index (χ2v) is 9.12. The van der Waals surface area contributed by atoms with E-state index < -0.39 is 24.0 Å². The summed E-state index contributed by atoms with van der Waals surface area (Å²) < 4.78 is 7.60. The van der Waals surface area contributed by atoms with Gasteiger partial charge in [-0.1, -0.05) is 61.0 Å². The second-order valence-electron chi connectivity index (χ2n) is 9.12. The van der Waals surface area contributed by atoms with E-state index in [1.165, 1.54) is 6.92 Å². The Morgan fingerprint density at radius 3 is 2.32 bits per heavy atom. The van der Waals surface area contributed by atoms with Gasteiger partial charge < -0.3 is 20.5 Å². The summed E-state index contributed by atoms with van der Waals surface area (Å²) in [5, 5.41) is 23.2. The molecule has 0 spiro atoms. The number of carboxylic acids is 1. The molecule has 3 N–H and O–H groups in total. The van der Waals surface area contributed by atoms with Crippen molar-refractivity contribution in [3.8, 4) is 5.75 Å². The Morgan fingerprint density at radius 1 is 0.974 bits per heavy atom. The fourth-order valence-electron chi connectivity index (χ4n) is 3.97. The zero-order valence-electron chi connectivity index (χ0n) is 21.8. The molecule has 0 aliphatic heterocycles. The summed E-state index contributed by atoms with van der Waals surface area (Å²) in [7, 11) is 0. The first-order chi connectivity index (χ1) is 18.3. The van der Waals surface area contributed by atoms with E-state index in [-0.39, 0.29) is 18.7 Å². The zero-order chi connectivity index (χ0) is 27.3. The first-order valence-corrected chi connectivity index (χ1v) is 12.8. The summed E-state index contributed by atoms with van der Waals surface area (Å²) in [6.07, 6.45) is 5.01. The Labute approximate surface area is 222 Å². The van der Waals surface area contributed by atoms with Crippen molar-refractivity contribution < 1.29 is 24.2 Å². The topological polar surface area (TPSA) is 135 Å². The van der Waals surface area contributed by atoms with E-state index in [2.05, 4.69) is 27.9 Å². The lowest BCUT2D eigenvalue weighted by atomic mass is 10.0. The minimum absolute atomic E-state index is 0.0892. The van der Waals surface area contributed by atoms with Crippen LogP contribution in [0.1, 0.15) is 43.5 Å². The maximum atomic E-state index is 12.9. The van der Waals surface area contributed by atoms with Gasteiger partial charge >= 0.3 is 5.97 Å². The largest absolute Gasteiger partial charge is 0.494 e. The molecule has 0 bridgehead atoms. The van der Waals surface area contributed by atoms with Crippen molar-refractivity contribution >= 4 is 17.8 Å². The number of aliphatic carboxylic acids is 1. The average Bonchev–Trinajstić information content (AvgIpc) is 3.34. The lowest BCUT2D eigenvalue weighted by Gasteiger charge is -2.21. The van der Waals surface area contributed by atoms with Crippen molar-refractivity contribution in [1.82, 2.24) is 25.6 Å². The van der Waals surface area contributed by atoms with Gasteiger partial charge in [-0.25, -0.2) is 4.79 Å². The Balaban J connectivity index is 1.51. The monoisotopic (exact) mass is 521 g/mol. The number of benzene rings is 2. The molecule has 0 saturated heterocycles. The molecule has 1 heterocycles. The Morgan fingerprint density at radius 2 is 1.66 bits per heavy atom. The predicted molar refractivity (Wildman–Crippen MR) is 142 cm³/mol. The van der Waals surface area contributed by atoms with Crippen molar-refractivity contribution in [2.45, 2.75) is 64.6 Å². The SMILES string of the molecule is CCCc1cn(CCCOc2ccc(CC(NC(=O)C(Cc3ccccc3)NC(C)=O)C(=O)O)cc2)nn1. The minimum atomic E-state index is -1.16. The molecule has 3 aromatic rings. The third-order valence-electron chi connectivity index (χ3n) is 5.85. The van der Waals surface area contributed by atoms with Gasteiger partial charge in [-0.15, -0.1) is 5.10 Å². The fourth-order valence-corrected chi connectivity index (χ4v) is 3.97. The Bertz CT molecular complexity index is 1180. The number of ether oxygens (including phenoxy) is 1. The molecule has 0 aliphatic carbocycles. The number of nitrogens with one attached hydrogen (secondary N) is 2. The number of hydrogen-bond acceptors (Lipinski definition) is 6.